The average molecular weight is 667 g/mol. The first-order valence-electron chi connectivity index (χ1n) is 17.8. The van der Waals surface area contributed by atoms with Crippen LogP contribution in [0.15, 0.2) is 176 Å². The second-order valence-electron chi connectivity index (χ2n) is 13.6. The predicted molar refractivity (Wildman–Crippen MR) is 225 cm³/mol. The smallest absolute Gasteiger partial charge is 0.108 e. The Balaban J connectivity index is 0.000000173. The van der Waals surface area contributed by atoms with Gasteiger partial charge in [-0.3, -0.25) is 0 Å². The first-order valence-corrected chi connectivity index (χ1v) is 19.3. The maximum atomic E-state index is 2.35. The molecule has 0 amide bonds. The lowest BCUT2D eigenvalue weighted by molar-refractivity contribution is 1.35. The summed E-state index contributed by atoms with van der Waals surface area (Å²) in [6.07, 6.45) is -1.22. The summed E-state index contributed by atoms with van der Waals surface area (Å²) in [5.41, 5.74) is 13.8. The van der Waals surface area contributed by atoms with Crippen molar-refractivity contribution in [3.63, 3.8) is 0 Å². The fraction of sp³-hybridized carbons (Fsp3) is 0.125. The van der Waals surface area contributed by atoms with Crippen molar-refractivity contribution in [1.29, 1.82) is 0 Å². The Morgan fingerprint density at radius 2 is 0.520 bits per heavy atom. The first-order chi connectivity index (χ1) is 24.3. The van der Waals surface area contributed by atoms with Gasteiger partial charge in [0.2, 0.25) is 0 Å². The van der Waals surface area contributed by atoms with E-state index in [9.17, 15) is 0 Å². The van der Waals surface area contributed by atoms with Gasteiger partial charge in [-0.25, -0.2) is 0 Å². The molecule has 0 saturated carbocycles. The monoisotopic (exact) mass is 666 g/mol. The lowest BCUT2D eigenvalue weighted by atomic mass is 9.13. The molecule has 0 aromatic heterocycles. The molecule has 0 spiro atoms. The number of rotatable bonds is 7. The molecule has 0 atom stereocenters. The van der Waals surface area contributed by atoms with Gasteiger partial charge in [0.05, 0.1) is 7.92 Å². The van der Waals surface area contributed by atoms with Gasteiger partial charge in [0.1, 0.15) is 22.1 Å². The van der Waals surface area contributed by atoms with Crippen molar-refractivity contribution >= 4 is 51.8 Å². The summed E-state index contributed by atoms with van der Waals surface area (Å²) < 4.78 is 0. The summed E-state index contributed by atoms with van der Waals surface area (Å²) in [7, 11) is -1.03. The number of hydrogen-bond donors (Lipinski definition) is 0. The minimum Gasteiger partial charge on any atom is -0.195 e. The Bertz CT molecular complexity index is 1870. The summed E-state index contributed by atoms with van der Waals surface area (Å²) >= 11 is 0. The van der Waals surface area contributed by atoms with E-state index in [4.69, 9.17) is 0 Å². The number of benzene rings is 7. The van der Waals surface area contributed by atoms with Gasteiger partial charge in [-0.15, -0.1) is 0 Å². The summed E-state index contributed by atoms with van der Waals surface area (Å²) in [5.74, 6) is 0. The predicted octanol–water partition coefficient (Wildman–Crippen LogP) is 8.09. The molecule has 50 heavy (non-hydrogen) atoms. The van der Waals surface area contributed by atoms with Gasteiger partial charge in [-0.2, -0.15) is 21.9 Å². The Hall–Kier alpha value is -4.97. The van der Waals surface area contributed by atoms with Crippen molar-refractivity contribution in [2.75, 3.05) is 0 Å². The zero-order valence-corrected chi connectivity index (χ0v) is 31.3. The van der Waals surface area contributed by atoms with Crippen molar-refractivity contribution in [3.05, 3.63) is 209 Å². The second-order valence-corrected chi connectivity index (χ2v) is 16.0. The third-order valence-electron chi connectivity index (χ3n) is 10.8. The molecule has 0 heterocycles. The zero-order valence-electron chi connectivity index (χ0n) is 30.3. The van der Waals surface area contributed by atoms with Gasteiger partial charge in [0.25, 0.3) is 0 Å². The van der Waals surface area contributed by atoms with Crippen molar-refractivity contribution in [2.24, 2.45) is 0 Å². The highest BCUT2D eigenvalue weighted by molar-refractivity contribution is 7.80. The molecule has 2 heteroatoms. The third-order valence-corrected chi connectivity index (χ3v) is 14.1. The molecule has 7 rings (SSSR count). The molecular weight excluding hydrogens is 618 g/mol. The molecule has 0 bridgehead atoms. The van der Waals surface area contributed by atoms with Gasteiger partial charge < -0.3 is 0 Å². The molecule has 248 valence electrons. The standard InChI is InChI=1S/C24H20B.C24H27P/c1-5-13-21(14-6-1)25(22-15-7-2-8-16-22,23-17-9-3-10-18-23)24-19-11-4-12-20-24;1-16-10-7-13-22(19(16)4)25(23-14-8-11-17(2)20(23)5)24-15-9-12-18(3)21(24)6/h1-20H;7-15H,1-6H3/q-1;/p+1. The molecule has 0 unspecified atom stereocenters. The van der Waals surface area contributed by atoms with Crippen LogP contribution in [-0.2, 0) is 0 Å². The Morgan fingerprint density at radius 1 is 0.280 bits per heavy atom. The van der Waals surface area contributed by atoms with Crippen LogP contribution < -0.4 is 37.8 Å². The summed E-state index contributed by atoms with van der Waals surface area (Å²) in [6, 6.07) is 63.9. The van der Waals surface area contributed by atoms with Crippen LogP contribution in [-0.4, -0.2) is 6.15 Å². The van der Waals surface area contributed by atoms with E-state index in [1.54, 1.807) is 0 Å². The van der Waals surface area contributed by atoms with E-state index in [2.05, 4.69) is 217 Å². The minimum atomic E-state index is -1.22. The van der Waals surface area contributed by atoms with E-state index < -0.39 is 14.1 Å². The summed E-state index contributed by atoms with van der Waals surface area (Å²) in [4.78, 5) is 0. The maximum Gasteiger partial charge on any atom is 0.108 e. The first kappa shape index (κ1) is 34.9. The molecule has 0 fully saturated rings. The van der Waals surface area contributed by atoms with Gasteiger partial charge in [0, 0.05) is 0 Å². The van der Waals surface area contributed by atoms with E-state index in [-0.39, 0.29) is 0 Å². The van der Waals surface area contributed by atoms with Crippen LogP contribution >= 0.6 is 7.92 Å². The Kier molecular flexibility index (Phi) is 11.0. The van der Waals surface area contributed by atoms with E-state index in [1.165, 1.54) is 71.1 Å². The quantitative estimate of drug-likeness (QED) is 0.119. The van der Waals surface area contributed by atoms with Crippen molar-refractivity contribution in [2.45, 2.75) is 41.5 Å². The SMILES string of the molecule is Cc1cccc([PH+](c2cccc(C)c2C)c2cccc(C)c2C)c1C.c1ccc([B-](c2ccccc2)(c2ccccc2)c2ccccc2)cc1. The van der Waals surface area contributed by atoms with Gasteiger partial charge in [-0.05, 0) is 93.1 Å². The minimum absolute atomic E-state index is 1.03. The normalized spacial score (nSPS) is 11.2. The van der Waals surface area contributed by atoms with E-state index in [0.717, 1.165) is 0 Å². The number of aryl methyl sites for hydroxylation is 3. The van der Waals surface area contributed by atoms with Crippen molar-refractivity contribution < 1.29 is 0 Å². The Labute approximate surface area is 301 Å². The van der Waals surface area contributed by atoms with Gasteiger partial charge in [-0.1, -0.05) is 158 Å². The molecule has 0 saturated heterocycles. The Morgan fingerprint density at radius 3 is 0.760 bits per heavy atom. The molecule has 0 aliphatic carbocycles. The van der Waals surface area contributed by atoms with E-state index >= 15 is 0 Å². The van der Waals surface area contributed by atoms with Crippen LogP contribution in [0.5, 0.6) is 0 Å². The lowest BCUT2D eigenvalue weighted by Crippen LogP contribution is -2.74. The van der Waals surface area contributed by atoms with Crippen LogP contribution in [0.4, 0.5) is 0 Å². The van der Waals surface area contributed by atoms with Crippen LogP contribution in [0.3, 0.4) is 0 Å². The second kappa shape index (κ2) is 15.7. The average Bonchev–Trinajstić information content (AvgIpc) is 3.16. The van der Waals surface area contributed by atoms with Gasteiger partial charge in [0.15, 0.2) is 0 Å². The maximum absolute atomic E-state index is 2.35. The van der Waals surface area contributed by atoms with Crippen LogP contribution in [0.25, 0.3) is 0 Å². The largest absolute Gasteiger partial charge is 0.195 e. The highest BCUT2D eigenvalue weighted by atomic mass is 31.1. The molecule has 0 nitrogen and oxygen atoms in total. The summed E-state index contributed by atoms with van der Waals surface area (Å²) in [6.45, 7) is 13.5. The highest BCUT2D eigenvalue weighted by Crippen LogP contribution is 2.38. The van der Waals surface area contributed by atoms with Crippen LogP contribution in [0.2, 0.25) is 0 Å². The fourth-order valence-corrected chi connectivity index (χ4v) is 11.0. The van der Waals surface area contributed by atoms with E-state index in [0.29, 0.717) is 0 Å². The number of hydrogen-bond acceptors (Lipinski definition) is 0. The van der Waals surface area contributed by atoms with Crippen molar-refractivity contribution in [3.8, 4) is 0 Å². The lowest BCUT2D eigenvalue weighted by Gasteiger charge is -2.44. The molecular formula is C48H48BP. The molecule has 7 aromatic carbocycles. The molecule has 0 aliphatic heterocycles. The molecule has 0 aliphatic rings. The van der Waals surface area contributed by atoms with Crippen molar-refractivity contribution in [1.82, 2.24) is 0 Å². The molecule has 0 radical (unpaired) electrons. The van der Waals surface area contributed by atoms with Crippen LogP contribution in [0.1, 0.15) is 33.4 Å². The topological polar surface area (TPSA) is 0 Å². The fourth-order valence-electron chi connectivity index (χ4n) is 7.62. The van der Waals surface area contributed by atoms with Crippen LogP contribution in [0, 0.1) is 41.5 Å². The third kappa shape index (κ3) is 6.89. The summed E-state index contributed by atoms with van der Waals surface area (Å²) in [5, 5.41) is 4.56. The highest BCUT2D eigenvalue weighted by Gasteiger charge is 2.32. The zero-order chi connectivity index (χ0) is 35.1. The molecule has 7 aromatic rings. The van der Waals surface area contributed by atoms with E-state index in [1.807, 2.05) is 0 Å². The van der Waals surface area contributed by atoms with Gasteiger partial charge >= 0.3 is 0 Å². The molecule has 0 N–H and O–H groups in total.